The lowest BCUT2D eigenvalue weighted by molar-refractivity contribution is 0.316. The van der Waals surface area contributed by atoms with Crippen molar-refractivity contribution in [2.45, 2.75) is 45.7 Å². The van der Waals surface area contributed by atoms with Gasteiger partial charge in [-0.1, -0.05) is 20.3 Å². The molecule has 0 amide bonds. The highest BCUT2D eigenvalue weighted by molar-refractivity contribution is 5.02. The van der Waals surface area contributed by atoms with Gasteiger partial charge in [-0.25, -0.2) is 0 Å². The molecule has 0 aromatic carbocycles. The number of rotatable bonds is 9. The van der Waals surface area contributed by atoms with Gasteiger partial charge >= 0.3 is 0 Å². The Labute approximate surface area is 111 Å². The Hall–Kier alpha value is -0.870. The maximum absolute atomic E-state index is 4.19. The van der Waals surface area contributed by atoms with Crippen LogP contribution in [0.3, 0.4) is 0 Å². The topological polar surface area (TPSA) is 33.1 Å². The zero-order chi connectivity index (χ0) is 13.4. The van der Waals surface area contributed by atoms with Crippen molar-refractivity contribution in [1.82, 2.24) is 20.0 Å². The number of unbranched alkanes of at least 4 members (excludes halogenated alkanes) is 2. The maximum atomic E-state index is 4.19. The van der Waals surface area contributed by atoms with Crippen molar-refractivity contribution in [3.63, 3.8) is 0 Å². The van der Waals surface area contributed by atoms with Gasteiger partial charge in [0.1, 0.15) is 0 Å². The fourth-order valence-corrected chi connectivity index (χ4v) is 2.02. The summed E-state index contributed by atoms with van der Waals surface area (Å²) in [6, 6.07) is 0.609. The minimum absolute atomic E-state index is 0.609. The number of hydrogen-bond acceptors (Lipinski definition) is 3. The number of nitrogens with zero attached hydrogens (tertiary/aromatic N) is 3. The Morgan fingerprint density at radius 3 is 2.72 bits per heavy atom. The van der Waals surface area contributed by atoms with Crippen molar-refractivity contribution in [3.8, 4) is 0 Å². The SMILES string of the molecule is CC(C)NCCCCCN(C)Cc1cnn(C)c1. The smallest absolute Gasteiger partial charge is 0.0534 e. The number of hydrogen-bond donors (Lipinski definition) is 1. The molecule has 1 aromatic heterocycles. The molecule has 1 rings (SSSR count). The van der Waals surface area contributed by atoms with Crippen LogP contribution >= 0.6 is 0 Å². The Morgan fingerprint density at radius 2 is 2.11 bits per heavy atom. The minimum atomic E-state index is 0.609. The molecule has 1 aromatic rings. The van der Waals surface area contributed by atoms with Crippen molar-refractivity contribution in [2.24, 2.45) is 7.05 Å². The minimum Gasteiger partial charge on any atom is -0.315 e. The van der Waals surface area contributed by atoms with Gasteiger partial charge in [0.2, 0.25) is 0 Å². The number of aromatic nitrogens is 2. The molecule has 18 heavy (non-hydrogen) atoms. The molecule has 4 nitrogen and oxygen atoms in total. The zero-order valence-electron chi connectivity index (χ0n) is 12.3. The molecule has 104 valence electrons. The van der Waals surface area contributed by atoms with Gasteiger partial charge in [-0.3, -0.25) is 4.68 Å². The molecule has 0 unspecified atom stereocenters. The van der Waals surface area contributed by atoms with E-state index in [0.717, 1.165) is 19.6 Å². The predicted molar refractivity (Wildman–Crippen MR) is 76.5 cm³/mol. The average molecular weight is 252 g/mol. The van der Waals surface area contributed by atoms with Gasteiger partial charge in [-0.2, -0.15) is 5.10 Å². The molecule has 0 atom stereocenters. The Balaban J connectivity index is 2.01. The first-order chi connectivity index (χ1) is 8.58. The molecule has 0 radical (unpaired) electrons. The molecule has 1 N–H and O–H groups in total. The maximum Gasteiger partial charge on any atom is 0.0534 e. The monoisotopic (exact) mass is 252 g/mol. The normalized spacial score (nSPS) is 11.7. The molecule has 0 aliphatic rings. The van der Waals surface area contributed by atoms with E-state index < -0.39 is 0 Å². The molecule has 0 saturated carbocycles. The summed E-state index contributed by atoms with van der Waals surface area (Å²) in [5, 5.41) is 7.64. The van der Waals surface area contributed by atoms with E-state index in [4.69, 9.17) is 0 Å². The van der Waals surface area contributed by atoms with Crippen LogP contribution in [0.4, 0.5) is 0 Å². The van der Waals surface area contributed by atoms with E-state index in [2.05, 4.69) is 42.4 Å². The highest BCUT2D eigenvalue weighted by Gasteiger charge is 2.02. The fraction of sp³-hybridized carbons (Fsp3) is 0.786. The van der Waals surface area contributed by atoms with E-state index in [1.54, 1.807) is 0 Å². The predicted octanol–water partition coefficient (Wildman–Crippen LogP) is 2.02. The summed E-state index contributed by atoms with van der Waals surface area (Å²) in [5.74, 6) is 0. The molecule has 0 bridgehead atoms. The molecule has 0 aliphatic carbocycles. The second-order valence-corrected chi connectivity index (χ2v) is 5.43. The highest BCUT2D eigenvalue weighted by atomic mass is 15.2. The van der Waals surface area contributed by atoms with Gasteiger partial charge in [0, 0.05) is 31.4 Å². The Bertz CT molecular complexity index is 319. The standard InChI is InChI=1S/C14H28N4/c1-13(2)15-8-6-5-7-9-17(3)11-14-10-16-18(4)12-14/h10,12-13,15H,5-9,11H2,1-4H3. The van der Waals surface area contributed by atoms with E-state index in [0.29, 0.717) is 6.04 Å². The van der Waals surface area contributed by atoms with Gasteiger partial charge in [-0.15, -0.1) is 0 Å². The third kappa shape index (κ3) is 6.77. The summed E-state index contributed by atoms with van der Waals surface area (Å²) < 4.78 is 1.86. The summed E-state index contributed by atoms with van der Waals surface area (Å²) in [4.78, 5) is 2.37. The van der Waals surface area contributed by atoms with Crippen LogP contribution in [-0.4, -0.2) is 40.9 Å². The first-order valence-corrected chi connectivity index (χ1v) is 6.97. The lowest BCUT2D eigenvalue weighted by Gasteiger charge is -2.15. The van der Waals surface area contributed by atoms with Crippen LogP contribution in [0.5, 0.6) is 0 Å². The second kappa shape index (κ2) is 8.27. The molecule has 0 saturated heterocycles. The summed E-state index contributed by atoms with van der Waals surface area (Å²) in [7, 11) is 4.14. The first kappa shape index (κ1) is 15.2. The summed E-state index contributed by atoms with van der Waals surface area (Å²) >= 11 is 0. The van der Waals surface area contributed by atoms with Crippen molar-refractivity contribution in [3.05, 3.63) is 18.0 Å². The average Bonchev–Trinajstić information content (AvgIpc) is 2.68. The summed E-state index contributed by atoms with van der Waals surface area (Å²) in [5.41, 5.74) is 1.29. The summed E-state index contributed by atoms with van der Waals surface area (Å²) in [6.45, 7) is 7.70. The first-order valence-electron chi connectivity index (χ1n) is 6.97. The van der Waals surface area contributed by atoms with Crippen LogP contribution in [0.15, 0.2) is 12.4 Å². The van der Waals surface area contributed by atoms with Crippen molar-refractivity contribution in [1.29, 1.82) is 0 Å². The van der Waals surface area contributed by atoms with Gasteiger partial charge in [0.15, 0.2) is 0 Å². The van der Waals surface area contributed by atoms with Gasteiger partial charge in [0.05, 0.1) is 6.20 Å². The van der Waals surface area contributed by atoms with Gasteiger partial charge < -0.3 is 10.2 Å². The largest absolute Gasteiger partial charge is 0.315 e. The fourth-order valence-electron chi connectivity index (χ4n) is 2.02. The Morgan fingerprint density at radius 1 is 1.33 bits per heavy atom. The van der Waals surface area contributed by atoms with Crippen LogP contribution in [0, 0.1) is 0 Å². The number of nitrogens with one attached hydrogen (secondary N) is 1. The molecule has 4 heteroatoms. The third-order valence-corrected chi connectivity index (χ3v) is 2.98. The van der Waals surface area contributed by atoms with E-state index in [1.807, 2.05) is 17.9 Å². The second-order valence-electron chi connectivity index (χ2n) is 5.43. The number of aryl methyl sites for hydroxylation is 1. The summed E-state index contributed by atoms with van der Waals surface area (Å²) in [6.07, 6.45) is 7.89. The van der Waals surface area contributed by atoms with E-state index in [-0.39, 0.29) is 0 Å². The van der Waals surface area contributed by atoms with Crippen LogP contribution in [-0.2, 0) is 13.6 Å². The quantitative estimate of drug-likeness (QED) is 0.683. The van der Waals surface area contributed by atoms with Crippen LogP contribution in [0.25, 0.3) is 0 Å². The molecule has 0 spiro atoms. The van der Waals surface area contributed by atoms with Crippen molar-refractivity contribution >= 4 is 0 Å². The van der Waals surface area contributed by atoms with Crippen molar-refractivity contribution in [2.75, 3.05) is 20.1 Å². The van der Waals surface area contributed by atoms with Crippen molar-refractivity contribution < 1.29 is 0 Å². The van der Waals surface area contributed by atoms with E-state index in [9.17, 15) is 0 Å². The molecule has 0 aliphatic heterocycles. The Kier molecular flexibility index (Phi) is 6.98. The highest BCUT2D eigenvalue weighted by Crippen LogP contribution is 2.03. The lowest BCUT2D eigenvalue weighted by atomic mass is 10.2. The molecule has 1 heterocycles. The van der Waals surface area contributed by atoms with Crippen LogP contribution in [0.1, 0.15) is 38.7 Å². The molecule has 0 fully saturated rings. The van der Waals surface area contributed by atoms with E-state index >= 15 is 0 Å². The molecular weight excluding hydrogens is 224 g/mol. The lowest BCUT2D eigenvalue weighted by Crippen LogP contribution is -2.24. The molecular formula is C14H28N4. The zero-order valence-corrected chi connectivity index (χ0v) is 12.3. The van der Waals surface area contributed by atoms with Gasteiger partial charge in [-0.05, 0) is 33.0 Å². The van der Waals surface area contributed by atoms with E-state index in [1.165, 1.54) is 24.8 Å². The van der Waals surface area contributed by atoms with Crippen LogP contribution < -0.4 is 5.32 Å². The van der Waals surface area contributed by atoms with Crippen LogP contribution in [0.2, 0.25) is 0 Å². The van der Waals surface area contributed by atoms with Gasteiger partial charge in [0.25, 0.3) is 0 Å². The third-order valence-electron chi connectivity index (χ3n) is 2.98.